The molecule has 1 amide bonds. The Morgan fingerprint density at radius 3 is 2.66 bits per heavy atom. The summed E-state index contributed by atoms with van der Waals surface area (Å²) in [4.78, 5) is 36.7. The van der Waals surface area contributed by atoms with Crippen LogP contribution in [0, 0.1) is 12.8 Å². The van der Waals surface area contributed by atoms with E-state index in [1.165, 1.54) is 26.0 Å². The minimum absolute atomic E-state index is 0.0273. The van der Waals surface area contributed by atoms with Gasteiger partial charge >= 0.3 is 6.18 Å². The Labute approximate surface area is 198 Å². The summed E-state index contributed by atoms with van der Waals surface area (Å²) in [6.45, 7) is 4.00. The third kappa shape index (κ3) is 5.29. The van der Waals surface area contributed by atoms with Crippen LogP contribution >= 0.6 is 0 Å². The van der Waals surface area contributed by atoms with Crippen LogP contribution in [-0.2, 0) is 6.18 Å². The zero-order valence-electron chi connectivity index (χ0n) is 19.2. The largest absolute Gasteiger partial charge is 0.486 e. The summed E-state index contributed by atoms with van der Waals surface area (Å²) in [5.41, 5.74) is -1.94. The van der Waals surface area contributed by atoms with E-state index in [2.05, 4.69) is 15.0 Å². The van der Waals surface area contributed by atoms with Crippen LogP contribution in [0.4, 0.5) is 13.2 Å². The minimum atomic E-state index is -4.78. The monoisotopic (exact) mass is 490 g/mol. The molecule has 11 heteroatoms. The van der Waals surface area contributed by atoms with E-state index < -0.39 is 23.5 Å². The molecule has 1 aliphatic rings. The first kappa shape index (κ1) is 24.6. The summed E-state index contributed by atoms with van der Waals surface area (Å²) in [7, 11) is 0. The minimum Gasteiger partial charge on any atom is -0.486 e. The van der Waals surface area contributed by atoms with Crippen molar-refractivity contribution in [3.05, 3.63) is 63.3 Å². The second-order valence-corrected chi connectivity index (χ2v) is 8.67. The van der Waals surface area contributed by atoms with E-state index >= 15 is 0 Å². The zero-order valence-corrected chi connectivity index (χ0v) is 19.2. The van der Waals surface area contributed by atoms with E-state index in [1.54, 1.807) is 17.0 Å². The van der Waals surface area contributed by atoms with Gasteiger partial charge in [-0.15, -0.1) is 0 Å². The molecule has 0 saturated carbocycles. The molecule has 8 nitrogen and oxygen atoms in total. The number of amides is 1. The van der Waals surface area contributed by atoms with Crippen LogP contribution in [-0.4, -0.2) is 50.6 Å². The number of carbonyl (C=O) groups is 1. The fraction of sp³-hybridized carbons (Fsp3) is 0.417. The predicted molar refractivity (Wildman–Crippen MR) is 121 cm³/mol. The molecule has 1 aliphatic heterocycles. The second-order valence-electron chi connectivity index (χ2n) is 8.67. The molecule has 0 radical (unpaired) electrons. The number of pyridine rings is 1. The Bertz CT molecular complexity index is 1290. The van der Waals surface area contributed by atoms with Crippen molar-refractivity contribution in [3.63, 3.8) is 0 Å². The van der Waals surface area contributed by atoms with Crippen molar-refractivity contribution >= 4 is 16.9 Å². The number of piperidine rings is 1. The molecule has 3 aromatic rings. The van der Waals surface area contributed by atoms with E-state index in [9.17, 15) is 27.9 Å². The van der Waals surface area contributed by atoms with Gasteiger partial charge in [-0.2, -0.15) is 13.2 Å². The van der Waals surface area contributed by atoms with Gasteiger partial charge in [-0.1, -0.05) is 0 Å². The lowest BCUT2D eigenvalue weighted by Crippen LogP contribution is -2.40. The molecule has 0 bridgehead atoms. The summed E-state index contributed by atoms with van der Waals surface area (Å²) >= 11 is 0. The van der Waals surface area contributed by atoms with Crippen molar-refractivity contribution in [2.75, 3.05) is 19.7 Å². The summed E-state index contributed by atoms with van der Waals surface area (Å²) in [6, 6.07) is 7.22. The van der Waals surface area contributed by atoms with E-state index in [1.807, 2.05) is 0 Å². The van der Waals surface area contributed by atoms with Crippen LogP contribution in [0.5, 0.6) is 5.75 Å². The highest BCUT2D eigenvalue weighted by Gasteiger charge is 2.38. The van der Waals surface area contributed by atoms with Crippen LogP contribution in [0.3, 0.4) is 0 Å². The molecule has 4 rings (SSSR count). The van der Waals surface area contributed by atoms with Gasteiger partial charge in [-0.3, -0.25) is 9.59 Å². The maximum Gasteiger partial charge on any atom is 0.433 e. The van der Waals surface area contributed by atoms with Crippen molar-refractivity contribution in [2.24, 2.45) is 5.92 Å². The number of carbonyl (C=O) groups excluding carboxylic acids is 1. The van der Waals surface area contributed by atoms with Gasteiger partial charge in [0.05, 0.1) is 5.39 Å². The van der Waals surface area contributed by atoms with Gasteiger partial charge in [0.15, 0.2) is 11.3 Å². The van der Waals surface area contributed by atoms with Gasteiger partial charge in [0.25, 0.3) is 11.5 Å². The highest BCUT2D eigenvalue weighted by Crippen LogP contribution is 2.36. The van der Waals surface area contributed by atoms with Crippen molar-refractivity contribution in [1.82, 2.24) is 19.9 Å². The SMILES string of the molecule is Cc1nc2nc(C(F)(F)F)c(C(C)Oc3ccc(C(=O)N4CCCC(CO)C4)cc3)cc2c(=O)[nH]1. The van der Waals surface area contributed by atoms with Crippen LogP contribution in [0.15, 0.2) is 35.1 Å². The molecule has 3 heterocycles. The van der Waals surface area contributed by atoms with E-state index in [4.69, 9.17) is 4.74 Å². The molecule has 2 atom stereocenters. The Balaban J connectivity index is 1.57. The number of aromatic nitrogens is 3. The number of fused-ring (bicyclic) bond motifs is 1. The summed E-state index contributed by atoms with van der Waals surface area (Å²) in [6.07, 6.45) is -4.19. The Morgan fingerprint density at radius 1 is 1.29 bits per heavy atom. The standard InChI is InChI=1S/C24H25F3N4O4/c1-13(18-10-19-21(28-14(2)29-22(19)33)30-20(18)24(25,26)27)35-17-7-5-16(6-8-17)23(34)31-9-3-4-15(11-31)12-32/h5-8,10,13,15,32H,3-4,9,11-12H2,1-2H3,(H,28,29,30,33). The van der Waals surface area contributed by atoms with Gasteiger partial charge in [0.2, 0.25) is 0 Å². The molecule has 35 heavy (non-hydrogen) atoms. The number of nitrogens with zero attached hydrogens (tertiary/aromatic N) is 3. The number of likely N-dealkylation sites (tertiary alicyclic amines) is 1. The maximum atomic E-state index is 13.8. The number of hydrogen-bond acceptors (Lipinski definition) is 6. The number of ether oxygens (including phenoxy) is 1. The molecular weight excluding hydrogens is 465 g/mol. The average Bonchev–Trinajstić information content (AvgIpc) is 2.82. The summed E-state index contributed by atoms with van der Waals surface area (Å²) in [5.74, 6) is 0.292. The summed E-state index contributed by atoms with van der Waals surface area (Å²) in [5, 5.41) is 9.31. The van der Waals surface area contributed by atoms with Crippen molar-refractivity contribution in [2.45, 2.75) is 39.0 Å². The third-order valence-electron chi connectivity index (χ3n) is 6.03. The van der Waals surface area contributed by atoms with Crippen LogP contribution in [0.2, 0.25) is 0 Å². The first-order chi connectivity index (χ1) is 16.6. The molecule has 2 unspecified atom stereocenters. The van der Waals surface area contributed by atoms with Gasteiger partial charge in [0, 0.05) is 30.8 Å². The smallest absolute Gasteiger partial charge is 0.433 e. The topological polar surface area (TPSA) is 108 Å². The number of aromatic amines is 1. The predicted octanol–water partition coefficient (Wildman–Crippen LogP) is 3.63. The molecule has 186 valence electrons. The van der Waals surface area contributed by atoms with Crippen molar-refractivity contribution in [3.8, 4) is 5.75 Å². The number of alkyl halides is 3. The fourth-order valence-electron chi connectivity index (χ4n) is 4.25. The lowest BCUT2D eigenvalue weighted by Gasteiger charge is -2.32. The van der Waals surface area contributed by atoms with E-state index in [0.717, 1.165) is 18.9 Å². The second kappa shape index (κ2) is 9.65. The number of aryl methyl sites for hydroxylation is 1. The first-order valence-electron chi connectivity index (χ1n) is 11.2. The highest BCUT2D eigenvalue weighted by atomic mass is 19.4. The Kier molecular flexibility index (Phi) is 6.79. The normalized spacial score (nSPS) is 17.4. The average molecular weight is 490 g/mol. The number of halogens is 3. The molecule has 0 aliphatic carbocycles. The van der Waals surface area contributed by atoms with E-state index in [0.29, 0.717) is 18.7 Å². The van der Waals surface area contributed by atoms with Gasteiger partial charge < -0.3 is 19.7 Å². The van der Waals surface area contributed by atoms with Gasteiger partial charge in [-0.05, 0) is 62.9 Å². The Hall–Kier alpha value is -3.47. The van der Waals surface area contributed by atoms with Crippen LogP contribution in [0.25, 0.3) is 11.0 Å². The molecule has 2 aromatic heterocycles. The fourth-order valence-corrected chi connectivity index (χ4v) is 4.25. The Morgan fingerprint density at radius 2 is 2.00 bits per heavy atom. The molecule has 0 spiro atoms. The summed E-state index contributed by atoms with van der Waals surface area (Å²) < 4.78 is 47.0. The number of benzene rings is 1. The van der Waals surface area contributed by atoms with E-state index in [-0.39, 0.29) is 46.6 Å². The van der Waals surface area contributed by atoms with Crippen LogP contribution in [0.1, 0.15) is 53.3 Å². The zero-order chi connectivity index (χ0) is 25.3. The number of rotatable bonds is 5. The number of aliphatic hydroxyl groups excluding tert-OH is 1. The third-order valence-corrected chi connectivity index (χ3v) is 6.03. The van der Waals surface area contributed by atoms with Crippen LogP contribution < -0.4 is 10.3 Å². The molecule has 1 aromatic carbocycles. The van der Waals surface area contributed by atoms with Crippen molar-refractivity contribution < 1.29 is 27.8 Å². The highest BCUT2D eigenvalue weighted by molar-refractivity contribution is 5.94. The molecular formula is C24H25F3N4O4. The lowest BCUT2D eigenvalue weighted by molar-refractivity contribution is -0.142. The maximum absolute atomic E-state index is 13.8. The molecule has 2 N–H and O–H groups in total. The number of hydrogen-bond donors (Lipinski definition) is 2. The number of H-pyrrole nitrogens is 1. The molecule has 1 saturated heterocycles. The quantitative estimate of drug-likeness (QED) is 0.566. The lowest BCUT2D eigenvalue weighted by atomic mass is 9.98. The van der Waals surface area contributed by atoms with Gasteiger partial charge in [0.1, 0.15) is 17.7 Å². The van der Waals surface area contributed by atoms with Crippen molar-refractivity contribution in [1.29, 1.82) is 0 Å². The number of nitrogens with one attached hydrogen (secondary N) is 1. The molecule has 1 fully saturated rings. The first-order valence-corrected chi connectivity index (χ1v) is 11.2. The number of aliphatic hydroxyl groups is 1. The van der Waals surface area contributed by atoms with Gasteiger partial charge in [-0.25, -0.2) is 9.97 Å².